The van der Waals surface area contributed by atoms with Crippen LogP contribution in [0.1, 0.15) is 37.6 Å². The van der Waals surface area contributed by atoms with Crippen LogP contribution in [0.4, 0.5) is 0 Å². The first-order valence-electron chi connectivity index (χ1n) is 7.75. The number of hydrogen-bond donors (Lipinski definition) is 0. The normalized spacial score (nSPS) is 13.6. The maximum atomic E-state index is 12.5. The molecule has 0 spiro atoms. The number of alkyl halides is 1. The molecule has 0 amide bonds. The minimum atomic E-state index is -1.04. The lowest BCUT2D eigenvalue weighted by atomic mass is 9.83. The van der Waals surface area contributed by atoms with Gasteiger partial charge in [0.2, 0.25) is 0 Å². The van der Waals surface area contributed by atoms with Crippen LogP contribution in [0.2, 0.25) is 0 Å². The van der Waals surface area contributed by atoms with Crippen molar-refractivity contribution in [3.8, 4) is 5.75 Å². The van der Waals surface area contributed by atoms with E-state index in [0.717, 1.165) is 0 Å². The standard InChI is InChI=1S/C18H23BrO6/c1-17(2,12-18(3,19)16(22)24-10-9-23-4)15(21)25-14-7-5-13(11-20)6-8-14/h5-8,11H,9-10,12H2,1-4H3. The largest absolute Gasteiger partial charge is 0.462 e. The van der Waals surface area contributed by atoms with Crippen molar-refractivity contribution in [2.24, 2.45) is 5.41 Å². The molecule has 0 N–H and O–H groups in total. The molecule has 1 rings (SSSR count). The third-order valence-corrected chi connectivity index (χ3v) is 4.10. The van der Waals surface area contributed by atoms with Crippen LogP contribution >= 0.6 is 15.9 Å². The summed E-state index contributed by atoms with van der Waals surface area (Å²) < 4.78 is 14.3. The first-order valence-corrected chi connectivity index (χ1v) is 8.54. The molecule has 138 valence electrons. The van der Waals surface area contributed by atoms with E-state index in [1.807, 2.05) is 0 Å². The molecule has 0 aliphatic heterocycles. The number of benzene rings is 1. The molecule has 1 atom stereocenters. The fraction of sp³-hybridized carbons (Fsp3) is 0.500. The summed E-state index contributed by atoms with van der Waals surface area (Å²) in [5, 5.41) is 0. The number of halogens is 1. The second-order valence-electron chi connectivity index (χ2n) is 6.46. The molecule has 1 aromatic rings. The lowest BCUT2D eigenvalue weighted by Gasteiger charge is -2.30. The molecule has 1 unspecified atom stereocenters. The molecular weight excluding hydrogens is 392 g/mol. The van der Waals surface area contributed by atoms with E-state index >= 15 is 0 Å². The molecule has 0 heterocycles. The van der Waals surface area contributed by atoms with E-state index in [4.69, 9.17) is 14.2 Å². The molecule has 0 bridgehead atoms. The Kier molecular flexibility index (Phi) is 7.76. The van der Waals surface area contributed by atoms with Crippen molar-refractivity contribution >= 4 is 34.2 Å². The van der Waals surface area contributed by atoms with Gasteiger partial charge in [-0.25, -0.2) is 0 Å². The van der Waals surface area contributed by atoms with Gasteiger partial charge in [-0.2, -0.15) is 0 Å². The molecule has 6 nitrogen and oxygen atoms in total. The molecule has 25 heavy (non-hydrogen) atoms. The Morgan fingerprint density at radius 3 is 2.20 bits per heavy atom. The molecule has 1 aromatic carbocycles. The number of aldehydes is 1. The number of esters is 2. The Hall–Kier alpha value is -1.73. The van der Waals surface area contributed by atoms with Gasteiger partial charge in [0, 0.05) is 12.7 Å². The number of rotatable bonds is 9. The highest BCUT2D eigenvalue weighted by molar-refractivity contribution is 9.10. The average Bonchev–Trinajstić information content (AvgIpc) is 2.54. The summed E-state index contributed by atoms with van der Waals surface area (Å²) in [6.45, 7) is 5.48. The van der Waals surface area contributed by atoms with Crippen LogP contribution < -0.4 is 4.74 Å². The van der Waals surface area contributed by atoms with Gasteiger partial charge in [0.25, 0.3) is 0 Å². The summed E-state index contributed by atoms with van der Waals surface area (Å²) in [6, 6.07) is 6.21. The van der Waals surface area contributed by atoms with Crippen molar-refractivity contribution in [3.63, 3.8) is 0 Å². The van der Waals surface area contributed by atoms with Crippen molar-refractivity contribution in [2.45, 2.75) is 31.5 Å². The van der Waals surface area contributed by atoms with Gasteiger partial charge in [-0.15, -0.1) is 0 Å². The summed E-state index contributed by atoms with van der Waals surface area (Å²) in [4.78, 5) is 35.3. The van der Waals surface area contributed by atoms with E-state index in [2.05, 4.69) is 15.9 Å². The van der Waals surface area contributed by atoms with Crippen LogP contribution in [-0.2, 0) is 19.1 Å². The zero-order valence-corrected chi connectivity index (χ0v) is 16.4. The van der Waals surface area contributed by atoms with Gasteiger partial charge in [0.1, 0.15) is 23.0 Å². The topological polar surface area (TPSA) is 78.9 Å². The molecular formula is C18H23BrO6. The molecule has 0 fully saturated rings. The van der Waals surface area contributed by atoms with E-state index in [1.54, 1.807) is 45.0 Å². The Morgan fingerprint density at radius 1 is 1.08 bits per heavy atom. The van der Waals surface area contributed by atoms with Crippen molar-refractivity contribution in [3.05, 3.63) is 29.8 Å². The molecule has 0 saturated heterocycles. The fourth-order valence-corrected chi connectivity index (χ4v) is 3.02. The maximum absolute atomic E-state index is 12.5. The number of hydrogen-bond acceptors (Lipinski definition) is 6. The Bertz CT molecular complexity index is 606. The van der Waals surface area contributed by atoms with E-state index < -0.39 is 21.7 Å². The van der Waals surface area contributed by atoms with Crippen LogP contribution in [0.3, 0.4) is 0 Å². The second kappa shape index (κ2) is 9.10. The Labute approximate surface area is 156 Å². The van der Waals surface area contributed by atoms with Crippen molar-refractivity contribution < 1.29 is 28.6 Å². The highest BCUT2D eigenvalue weighted by Gasteiger charge is 2.42. The lowest BCUT2D eigenvalue weighted by molar-refractivity contribution is -0.150. The quantitative estimate of drug-likeness (QED) is 0.203. The lowest BCUT2D eigenvalue weighted by Crippen LogP contribution is -2.40. The Morgan fingerprint density at radius 2 is 1.68 bits per heavy atom. The van der Waals surface area contributed by atoms with Gasteiger partial charge in [-0.3, -0.25) is 14.4 Å². The van der Waals surface area contributed by atoms with Crippen LogP contribution in [0.25, 0.3) is 0 Å². The number of methoxy groups -OCH3 is 1. The summed E-state index contributed by atoms with van der Waals surface area (Å²) in [7, 11) is 1.52. The van der Waals surface area contributed by atoms with Crippen LogP contribution in [0, 0.1) is 5.41 Å². The van der Waals surface area contributed by atoms with Crippen LogP contribution in [-0.4, -0.2) is 42.9 Å². The third kappa shape index (κ3) is 6.59. The highest BCUT2D eigenvalue weighted by Crippen LogP contribution is 2.36. The molecule has 0 aliphatic rings. The van der Waals surface area contributed by atoms with Gasteiger partial charge in [-0.1, -0.05) is 15.9 Å². The van der Waals surface area contributed by atoms with E-state index in [1.165, 1.54) is 7.11 Å². The van der Waals surface area contributed by atoms with Crippen molar-refractivity contribution in [2.75, 3.05) is 20.3 Å². The molecule has 0 aliphatic carbocycles. The SMILES string of the molecule is COCCOC(=O)C(C)(Br)CC(C)(C)C(=O)Oc1ccc(C=O)cc1. The van der Waals surface area contributed by atoms with E-state index in [9.17, 15) is 14.4 Å². The smallest absolute Gasteiger partial charge is 0.322 e. The highest BCUT2D eigenvalue weighted by atomic mass is 79.9. The monoisotopic (exact) mass is 414 g/mol. The minimum Gasteiger partial charge on any atom is -0.462 e. The van der Waals surface area contributed by atoms with Crippen LogP contribution in [0.5, 0.6) is 5.75 Å². The predicted octanol–water partition coefficient (Wildman–Crippen LogP) is 3.16. The maximum Gasteiger partial charge on any atom is 0.322 e. The van der Waals surface area contributed by atoms with E-state index in [-0.39, 0.29) is 13.0 Å². The summed E-state index contributed by atoms with van der Waals surface area (Å²) in [6.07, 6.45) is 0.887. The summed E-state index contributed by atoms with van der Waals surface area (Å²) >= 11 is 3.35. The van der Waals surface area contributed by atoms with Crippen LogP contribution in [0.15, 0.2) is 24.3 Å². The number of ether oxygens (including phenoxy) is 3. The van der Waals surface area contributed by atoms with Gasteiger partial charge in [0.15, 0.2) is 0 Å². The van der Waals surface area contributed by atoms with Crippen molar-refractivity contribution in [1.82, 2.24) is 0 Å². The van der Waals surface area contributed by atoms with Gasteiger partial charge >= 0.3 is 11.9 Å². The Balaban J connectivity index is 2.72. The first-order chi connectivity index (χ1) is 11.6. The van der Waals surface area contributed by atoms with E-state index in [0.29, 0.717) is 24.2 Å². The third-order valence-electron chi connectivity index (χ3n) is 3.50. The minimum absolute atomic E-state index is 0.143. The fourth-order valence-electron chi connectivity index (χ4n) is 2.20. The summed E-state index contributed by atoms with van der Waals surface area (Å²) in [5.74, 6) is -0.620. The van der Waals surface area contributed by atoms with Gasteiger partial charge < -0.3 is 14.2 Å². The molecule has 0 radical (unpaired) electrons. The van der Waals surface area contributed by atoms with Gasteiger partial charge in [0.05, 0.1) is 12.0 Å². The summed E-state index contributed by atoms with van der Waals surface area (Å²) in [5.41, 5.74) is -0.451. The van der Waals surface area contributed by atoms with Crippen molar-refractivity contribution in [1.29, 1.82) is 0 Å². The number of carbonyl (C=O) groups excluding carboxylic acids is 3. The molecule has 0 saturated carbocycles. The first kappa shape index (κ1) is 21.3. The van der Waals surface area contributed by atoms with Gasteiger partial charge in [-0.05, 0) is 51.5 Å². The predicted molar refractivity (Wildman–Crippen MR) is 96.0 cm³/mol. The second-order valence-corrected chi connectivity index (χ2v) is 8.21. The molecule has 7 heteroatoms. The molecule has 0 aromatic heterocycles. The zero-order valence-electron chi connectivity index (χ0n) is 14.8. The average molecular weight is 415 g/mol. The zero-order chi connectivity index (χ0) is 19.1. The number of carbonyl (C=O) groups is 3.